The van der Waals surface area contributed by atoms with Crippen molar-refractivity contribution in [3.63, 3.8) is 0 Å². The topological polar surface area (TPSA) is 72.3 Å². The molecule has 0 aliphatic heterocycles. The van der Waals surface area contributed by atoms with Gasteiger partial charge in [0.25, 0.3) is 0 Å². The monoisotopic (exact) mass is 420 g/mol. The third-order valence-corrected chi connectivity index (χ3v) is 3.05. The van der Waals surface area contributed by atoms with Gasteiger partial charge >= 0.3 is 12.0 Å². The molecule has 1 aromatic heterocycles. The molecule has 2 aromatic rings. The molecule has 0 saturated heterocycles. The summed E-state index contributed by atoms with van der Waals surface area (Å²) in [6.07, 6.45) is 3.05. The zero-order valence-corrected chi connectivity index (χ0v) is 12.5. The molecule has 5 nitrogen and oxygen atoms in total. The first kappa shape index (κ1) is 13.2. The molecule has 0 saturated carbocycles. The van der Waals surface area contributed by atoms with Gasteiger partial charge in [0.2, 0.25) is 0 Å². The molecule has 7 heteroatoms. The van der Waals surface area contributed by atoms with E-state index in [1.54, 1.807) is 12.1 Å². The highest BCUT2D eigenvalue weighted by molar-refractivity contribution is 14.1. The van der Waals surface area contributed by atoms with Crippen molar-refractivity contribution in [2.75, 3.05) is 0 Å². The van der Waals surface area contributed by atoms with E-state index in [1.165, 1.54) is 18.5 Å². The van der Waals surface area contributed by atoms with Gasteiger partial charge in [0.15, 0.2) is 0 Å². The first-order valence-electron chi connectivity index (χ1n) is 4.74. The zero-order valence-electron chi connectivity index (χ0n) is 8.80. The van der Waals surface area contributed by atoms with Crippen LogP contribution in [0.4, 0.5) is 0 Å². The number of carboxylic acids is 1. The van der Waals surface area contributed by atoms with Crippen LogP contribution in [0.2, 0.25) is 0 Å². The Balaban J connectivity index is 2.34. The average molecular weight is 421 g/mol. The van der Waals surface area contributed by atoms with E-state index in [1.807, 2.05) is 22.6 Å². The molecule has 0 spiro atoms. The minimum atomic E-state index is -1.05. The number of nitrogens with zero attached hydrogens (tertiary/aromatic N) is 2. The lowest BCUT2D eigenvalue weighted by molar-refractivity contribution is 0.0694. The number of halogens is 2. The predicted molar refractivity (Wildman–Crippen MR) is 75.9 cm³/mol. The average Bonchev–Trinajstić information content (AvgIpc) is 2.34. The minimum Gasteiger partial charge on any atom is -0.478 e. The summed E-state index contributed by atoms with van der Waals surface area (Å²) in [5.41, 5.74) is 0.0772. The lowest BCUT2D eigenvalue weighted by Crippen LogP contribution is -2.01. The molecule has 1 heterocycles. The van der Waals surface area contributed by atoms with Crippen LogP contribution in [-0.2, 0) is 0 Å². The fraction of sp³-hybridized carbons (Fsp3) is 0. The molecule has 1 aromatic carbocycles. The van der Waals surface area contributed by atoms with Crippen molar-refractivity contribution < 1.29 is 14.6 Å². The second-order valence-electron chi connectivity index (χ2n) is 3.23. The summed E-state index contributed by atoms with van der Waals surface area (Å²) < 4.78 is 6.89. The van der Waals surface area contributed by atoms with Crippen molar-refractivity contribution in [3.8, 4) is 11.8 Å². The maximum atomic E-state index is 11.1. The highest BCUT2D eigenvalue weighted by atomic mass is 127. The fourth-order valence-electron chi connectivity index (χ4n) is 1.21. The van der Waals surface area contributed by atoms with E-state index in [-0.39, 0.29) is 17.3 Å². The van der Waals surface area contributed by atoms with Crippen molar-refractivity contribution in [2.45, 2.75) is 0 Å². The molecule has 0 fully saturated rings. The van der Waals surface area contributed by atoms with Gasteiger partial charge in [-0.3, -0.25) is 0 Å². The summed E-state index contributed by atoms with van der Waals surface area (Å²) in [6.45, 7) is 0. The van der Waals surface area contributed by atoms with Crippen LogP contribution in [0.5, 0.6) is 11.8 Å². The Hall–Kier alpha value is -1.22. The largest absolute Gasteiger partial charge is 0.478 e. The summed E-state index contributed by atoms with van der Waals surface area (Å²) in [5.74, 6) is -0.842. The first-order chi connectivity index (χ1) is 8.56. The number of carbonyl (C=O) groups is 1. The van der Waals surface area contributed by atoms with E-state index in [0.717, 1.165) is 8.04 Å². The number of hydrogen-bond acceptors (Lipinski definition) is 4. The van der Waals surface area contributed by atoms with Crippen LogP contribution in [0.3, 0.4) is 0 Å². The Morgan fingerprint density at radius 1 is 1.33 bits per heavy atom. The van der Waals surface area contributed by atoms with Gasteiger partial charge in [0.05, 0.1) is 4.47 Å². The standard InChI is InChI=1S/C11H6BrIN2O3/c12-6-4-14-11(15-5-6)18-9-2-1-7(13)3-8(9)10(16)17/h1-5H,(H,16,17). The van der Waals surface area contributed by atoms with E-state index in [4.69, 9.17) is 9.84 Å². The number of benzene rings is 1. The zero-order chi connectivity index (χ0) is 13.1. The number of rotatable bonds is 3. The second-order valence-corrected chi connectivity index (χ2v) is 5.39. The molecule has 0 aliphatic carbocycles. The Bertz CT molecular complexity index is 589. The van der Waals surface area contributed by atoms with Crippen LogP contribution in [0.25, 0.3) is 0 Å². The van der Waals surface area contributed by atoms with E-state index in [2.05, 4.69) is 25.9 Å². The predicted octanol–water partition coefficient (Wildman–Crippen LogP) is 3.33. The minimum absolute atomic E-state index is 0.0772. The van der Waals surface area contributed by atoms with E-state index < -0.39 is 5.97 Å². The molecule has 0 aliphatic rings. The smallest absolute Gasteiger partial charge is 0.339 e. The number of carboxylic acid groups (broad SMARTS) is 1. The number of hydrogen-bond donors (Lipinski definition) is 1. The van der Waals surface area contributed by atoms with Crippen molar-refractivity contribution in [3.05, 3.63) is 44.2 Å². The van der Waals surface area contributed by atoms with Crippen LogP contribution < -0.4 is 4.74 Å². The van der Waals surface area contributed by atoms with E-state index in [0.29, 0.717) is 0 Å². The third-order valence-electron chi connectivity index (χ3n) is 1.97. The maximum Gasteiger partial charge on any atom is 0.339 e. The van der Waals surface area contributed by atoms with Gasteiger partial charge in [-0.05, 0) is 56.7 Å². The van der Waals surface area contributed by atoms with Crippen LogP contribution in [-0.4, -0.2) is 21.0 Å². The quantitative estimate of drug-likeness (QED) is 0.771. The van der Waals surface area contributed by atoms with Crippen LogP contribution in [0.15, 0.2) is 35.1 Å². The lowest BCUT2D eigenvalue weighted by Gasteiger charge is -2.07. The highest BCUT2D eigenvalue weighted by Crippen LogP contribution is 2.25. The van der Waals surface area contributed by atoms with Gasteiger partial charge in [-0.25, -0.2) is 14.8 Å². The molecular formula is C11H6BrIN2O3. The molecular weight excluding hydrogens is 415 g/mol. The number of aromatic carboxylic acids is 1. The molecule has 1 N–H and O–H groups in total. The van der Waals surface area contributed by atoms with E-state index in [9.17, 15) is 4.79 Å². The van der Waals surface area contributed by atoms with Gasteiger partial charge in [0.1, 0.15) is 11.3 Å². The van der Waals surface area contributed by atoms with Crippen LogP contribution >= 0.6 is 38.5 Å². The third kappa shape index (κ3) is 3.16. The van der Waals surface area contributed by atoms with Crippen molar-refractivity contribution in [1.29, 1.82) is 0 Å². The Morgan fingerprint density at radius 2 is 2.00 bits per heavy atom. The van der Waals surface area contributed by atoms with Gasteiger partial charge in [0, 0.05) is 16.0 Å². The Morgan fingerprint density at radius 3 is 2.61 bits per heavy atom. The summed E-state index contributed by atoms with van der Waals surface area (Å²) >= 11 is 5.24. The van der Waals surface area contributed by atoms with Crippen molar-refractivity contribution in [1.82, 2.24) is 9.97 Å². The molecule has 2 rings (SSSR count). The second kappa shape index (κ2) is 5.61. The summed E-state index contributed by atoms with van der Waals surface area (Å²) in [7, 11) is 0. The van der Waals surface area contributed by atoms with E-state index >= 15 is 0 Å². The normalized spacial score (nSPS) is 10.1. The van der Waals surface area contributed by atoms with Gasteiger partial charge in [-0.1, -0.05) is 0 Å². The number of ether oxygens (including phenoxy) is 1. The molecule has 0 atom stereocenters. The lowest BCUT2D eigenvalue weighted by atomic mass is 10.2. The number of aromatic nitrogens is 2. The van der Waals surface area contributed by atoms with Gasteiger partial charge in [-0.15, -0.1) is 0 Å². The van der Waals surface area contributed by atoms with Gasteiger partial charge in [-0.2, -0.15) is 0 Å². The van der Waals surface area contributed by atoms with Crippen molar-refractivity contribution >= 4 is 44.5 Å². The summed E-state index contributed by atoms with van der Waals surface area (Å²) in [5, 5.41) is 9.08. The van der Waals surface area contributed by atoms with Crippen LogP contribution in [0, 0.1) is 3.57 Å². The molecule has 0 radical (unpaired) electrons. The SMILES string of the molecule is O=C(O)c1cc(I)ccc1Oc1ncc(Br)cn1. The van der Waals surface area contributed by atoms with Crippen LogP contribution in [0.1, 0.15) is 10.4 Å². The molecule has 0 bridgehead atoms. The molecule has 92 valence electrons. The fourth-order valence-corrected chi connectivity index (χ4v) is 1.91. The summed E-state index contributed by atoms with van der Waals surface area (Å²) in [4.78, 5) is 18.9. The molecule has 0 amide bonds. The van der Waals surface area contributed by atoms with Crippen molar-refractivity contribution in [2.24, 2.45) is 0 Å². The summed E-state index contributed by atoms with van der Waals surface area (Å²) in [6, 6.07) is 4.96. The molecule has 18 heavy (non-hydrogen) atoms. The molecule has 0 unspecified atom stereocenters. The highest BCUT2D eigenvalue weighted by Gasteiger charge is 2.13. The van der Waals surface area contributed by atoms with Gasteiger partial charge < -0.3 is 9.84 Å². The Labute approximate surface area is 124 Å². The Kier molecular flexibility index (Phi) is 4.12. The maximum absolute atomic E-state index is 11.1. The first-order valence-corrected chi connectivity index (χ1v) is 6.61.